The van der Waals surface area contributed by atoms with Gasteiger partial charge < -0.3 is 9.47 Å². The Hall–Kier alpha value is -2.21. The van der Waals surface area contributed by atoms with E-state index in [1.54, 1.807) is 7.11 Å². The lowest BCUT2D eigenvalue weighted by Gasteiger charge is -2.13. The van der Waals surface area contributed by atoms with Gasteiger partial charge >= 0.3 is 5.97 Å². The molecule has 18 heavy (non-hydrogen) atoms. The van der Waals surface area contributed by atoms with Crippen LogP contribution in [0.1, 0.15) is 18.4 Å². The van der Waals surface area contributed by atoms with Crippen molar-refractivity contribution >= 4 is 11.5 Å². The molecule has 0 aromatic heterocycles. The van der Waals surface area contributed by atoms with Crippen molar-refractivity contribution in [3.05, 3.63) is 35.9 Å². The Morgan fingerprint density at radius 1 is 1.39 bits per heavy atom. The largest absolute Gasteiger partial charge is 0.497 e. The summed E-state index contributed by atoms with van der Waals surface area (Å²) < 4.78 is 10.3. The SMILES string of the molecule is C#CCC[C@@H]1OC(=O)C=C1c1ccc(OC)cc1. The molecule has 0 aliphatic carbocycles. The molecular weight excluding hydrogens is 228 g/mol. The predicted octanol–water partition coefficient (Wildman–Crippen LogP) is 2.42. The Bertz CT molecular complexity index is 506. The summed E-state index contributed by atoms with van der Waals surface area (Å²) >= 11 is 0. The highest BCUT2D eigenvalue weighted by molar-refractivity contribution is 5.97. The molecule has 0 saturated heterocycles. The smallest absolute Gasteiger partial charge is 0.331 e. The van der Waals surface area contributed by atoms with E-state index < -0.39 is 0 Å². The Labute approximate surface area is 106 Å². The molecule has 0 N–H and O–H groups in total. The fourth-order valence-corrected chi connectivity index (χ4v) is 1.94. The Morgan fingerprint density at radius 2 is 2.11 bits per heavy atom. The van der Waals surface area contributed by atoms with Crippen molar-refractivity contribution in [3.8, 4) is 18.1 Å². The van der Waals surface area contributed by atoms with Crippen LogP contribution in [-0.2, 0) is 9.53 Å². The Morgan fingerprint density at radius 3 is 2.72 bits per heavy atom. The molecule has 1 aromatic carbocycles. The average molecular weight is 242 g/mol. The van der Waals surface area contributed by atoms with Gasteiger partial charge in [0.15, 0.2) is 0 Å². The first-order chi connectivity index (χ1) is 8.74. The maximum atomic E-state index is 11.3. The van der Waals surface area contributed by atoms with Crippen LogP contribution in [0.3, 0.4) is 0 Å². The number of carbonyl (C=O) groups is 1. The predicted molar refractivity (Wildman–Crippen MR) is 68.9 cm³/mol. The monoisotopic (exact) mass is 242 g/mol. The zero-order valence-electron chi connectivity index (χ0n) is 10.2. The second-order valence-electron chi connectivity index (χ2n) is 4.00. The molecule has 3 heteroatoms. The first-order valence-corrected chi connectivity index (χ1v) is 5.74. The summed E-state index contributed by atoms with van der Waals surface area (Å²) in [5.74, 6) is 3.04. The van der Waals surface area contributed by atoms with Crippen LogP contribution in [-0.4, -0.2) is 19.2 Å². The average Bonchev–Trinajstić information content (AvgIpc) is 2.77. The van der Waals surface area contributed by atoms with Crippen LogP contribution in [0.4, 0.5) is 0 Å². The van der Waals surface area contributed by atoms with Crippen molar-refractivity contribution in [2.75, 3.05) is 7.11 Å². The minimum Gasteiger partial charge on any atom is -0.497 e. The molecule has 0 unspecified atom stereocenters. The highest BCUT2D eigenvalue weighted by Gasteiger charge is 2.26. The standard InChI is InChI=1S/C15H14O3/c1-3-4-5-14-13(10-15(16)18-14)11-6-8-12(17-2)9-7-11/h1,6-10,14H,4-5H2,2H3/t14-/m0/s1. The number of cyclic esters (lactones) is 1. The van der Waals surface area contributed by atoms with Gasteiger partial charge in [0.1, 0.15) is 11.9 Å². The van der Waals surface area contributed by atoms with Crippen molar-refractivity contribution < 1.29 is 14.3 Å². The third kappa shape index (κ3) is 2.54. The number of methoxy groups -OCH3 is 1. The molecule has 0 spiro atoms. The molecule has 0 bridgehead atoms. The van der Waals surface area contributed by atoms with Crippen LogP contribution in [0.25, 0.3) is 5.57 Å². The van der Waals surface area contributed by atoms with E-state index in [1.807, 2.05) is 24.3 Å². The van der Waals surface area contributed by atoms with Crippen LogP contribution in [0, 0.1) is 12.3 Å². The van der Waals surface area contributed by atoms with Gasteiger partial charge in [0.2, 0.25) is 0 Å². The molecule has 1 aliphatic heterocycles. The Kier molecular flexibility index (Phi) is 3.69. The van der Waals surface area contributed by atoms with Crippen LogP contribution in [0.15, 0.2) is 30.3 Å². The molecule has 0 radical (unpaired) electrons. The molecule has 0 saturated carbocycles. The van der Waals surface area contributed by atoms with Crippen LogP contribution in [0.2, 0.25) is 0 Å². The van der Waals surface area contributed by atoms with Crippen molar-refractivity contribution in [2.45, 2.75) is 18.9 Å². The number of hydrogen-bond donors (Lipinski definition) is 0. The normalized spacial score (nSPS) is 17.9. The van der Waals surface area contributed by atoms with Gasteiger partial charge in [0, 0.05) is 18.1 Å². The third-order valence-electron chi connectivity index (χ3n) is 2.85. The van der Waals surface area contributed by atoms with E-state index in [-0.39, 0.29) is 12.1 Å². The third-order valence-corrected chi connectivity index (χ3v) is 2.85. The number of ether oxygens (including phenoxy) is 2. The van der Waals surface area contributed by atoms with E-state index in [4.69, 9.17) is 15.9 Å². The number of benzene rings is 1. The number of terminal acetylenes is 1. The first kappa shape index (κ1) is 12.3. The van der Waals surface area contributed by atoms with Crippen molar-refractivity contribution in [1.82, 2.24) is 0 Å². The van der Waals surface area contributed by atoms with Gasteiger partial charge in [-0.15, -0.1) is 12.3 Å². The van der Waals surface area contributed by atoms with Gasteiger partial charge in [0.05, 0.1) is 7.11 Å². The summed E-state index contributed by atoms with van der Waals surface area (Å²) in [4.78, 5) is 11.3. The molecule has 0 amide bonds. The zero-order valence-corrected chi connectivity index (χ0v) is 10.2. The number of hydrogen-bond acceptors (Lipinski definition) is 3. The summed E-state index contributed by atoms with van der Waals surface area (Å²) in [6.07, 6.45) is 7.77. The quantitative estimate of drug-likeness (QED) is 0.601. The van der Waals surface area contributed by atoms with E-state index in [1.165, 1.54) is 6.08 Å². The number of carbonyl (C=O) groups excluding carboxylic acids is 1. The summed E-state index contributed by atoms with van der Waals surface area (Å²) in [6, 6.07) is 7.54. The van der Waals surface area contributed by atoms with E-state index >= 15 is 0 Å². The van der Waals surface area contributed by atoms with Gasteiger partial charge in [0.25, 0.3) is 0 Å². The van der Waals surface area contributed by atoms with E-state index in [0.717, 1.165) is 16.9 Å². The maximum Gasteiger partial charge on any atom is 0.331 e. The lowest BCUT2D eigenvalue weighted by atomic mass is 9.98. The fourth-order valence-electron chi connectivity index (χ4n) is 1.94. The molecule has 1 heterocycles. The van der Waals surface area contributed by atoms with Gasteiger partial charge in [-0.05, 0) is 24.1 Å². The molecule has 0 fully saturated rings. The van der Waals surface area contributed by atoms with E-state index in [0.29, 0.717) is 12.8 Å². The van der Waals surface area contributed by atoms with Gasteiger partial charge in [-0.3, -0.25) is 0 Å². The zero-order chi connectivity index (χ0) is 13.0. The molecule has 92 valence electrons. The van der Waals surface area contributed by atoms with Gasteiger partial charge in [-0.1, -0.05) is 12.1 Å². The number of esters is 1. The number of rotatable bonds is 4. The van der Waals surface area contributed by atoms with Gasteiger partial charge in [-0.2, -0.15) is 0 Å². The summed E-state index contributed by atoms with van der Waals surface area (Å²) in [6.45, 7) is 0. The molecule has 3 nitrogen and oxygen atoms in total. The molecule has 1 aliphatic rings. The van der Waals surface area contributed by atoms with Crippen LogP contribution in [0.5, 0.6) is 5.75 Å². The topological polar surface area (TPSA) is 35.5 Å². The molecule has 2 rings (SSSR count). The second kappa shape index (κ2) is 5.42. The molecular formula is C15H14O3. The van der Waals surface area contributed by atoms with Crippen molar-refractivity contribution in [2.24, 2.45) is 0 Å². The minimum absolute atomic E-state index is 0.234. The van der Waals surface area contributed by atoms with E-state index in [9.17, 15) is 4.79 Å². The van der Waals surface area contributed by atoms with Crippen molar-refractivity contribution in [1.29, 1.82) is 0 Å². The Balaban J connectivity index is 2.21. The van der Waals surface area contributed by atoms with E-state index in [2.05, 4.69) is 5.92 Å². The van der Waals surface area contributed by atoms with Crippen LogP contribution >= 0.6 is 0 Å². The summed E-state index contributed by atoms with van der Waals surface area (Å²) in [5, 5.41) is 0. The maximum absolute atomic E-state index is 11.3. The second-order valence-corrected chi connectivity index (χ2v) is 4.00. The molecule has 1 atom stereocenters. The minimum atomic E-state index is -0.303. The lowest BCUT2D eigenvalue weighted by molar-refractivity contribution is -0.138. The first-order valence-electron chi connectivity index (χ1n) is 5.74. The molecule has 1 aromatic rings. The summed E-state index contributed by atoms with van der Waals surface area (Å²) in [7, 11) is 1.62. The fraction of sp³-hybridized carbons (Fsp3) is 0.267. The van der Waals surface area contributed by atoms with Crippen LogP contribution < -0.4 is 4.74 Å². The summed E-state index contributed by atoms with van der Waals surface area (Å²) in [5.41, 5.74) is 1.85. The lowest BCUT2D eigenvalue weighted by Crippen LogP contribution is -2.10. The highest BCUT2D eigenvalue weighted by Crippen LogP contribution is 2.30. The van der Waals surface area contributed by atoms with Gasteiger partial charge in [-0.25, -0.2) is 4.79 Å². The highest BCUT2D eigenvalue weighted by atomic mass is 16.5. The van der Waals surface area contributed by atoms with Crippen molar-refractivity contribution in [3.63, 3.8) is 0 Å².